The lowest BCUT2D eigenvalue weighted by atomic mass is 10.3. The topological polar surface area (TPSA) is 57.2 Å². The number of aliphatic hydroxyl groups excluding tert-OH is 1. The van der Waals surface area contributed by atoms with Gasteiger partial charge in [-0.25, -0.2) is 0 Å². The van der Waals surface area contributed by atoms with Gasteiger partial charge in [0, 0.05) is 7.11 Å². The van der Waals surface area contributed by atoms with Crippen LogP contribution in [0.3, 0.4) is 0 Å². The summed E-state index contributed by atoms with van der Waals surface area (Å²) in [5.41, 5.74) is 0. The second-order valence-electron chi connectivity index (χ2n) is 3.87. The molecule has 1 N–H and O–H groups in total. The van der Waals surface area contributed by atoms with Gasteiger partial charge in [-0.3, -0.25) is 0 Å². The number of rotatable bonds is 12. The lowest BCUT2D eigenvalue weighted by Crippen LogP contribution is -2.13. The molecule has 5 heteroatoms. The van der Waals surface area contributed by atoms with Gasteiger partial charge in [0.15, 0.2) is 0 Å². The Balaban J connectivity index is 3.32. The van der Waals surface area contributed by atoms with Crippen LogP contribution in [0.1, 0.15) is 13.8 Å². The first-order valence-electron chi connectivity index (χ1n) is 6.50. The fraction of sp³-hybridized carbons (Fsp3) is 0.714. The van der Waals surface area contributed by atoms with Gasteiger partial charge in [0.1, 0.15) is 5.76 Å². The highest BCUT2D eigenvalue weighted by Gasteiger charge is 1.97. The molecule has 112 valence electrons. The van der Waals surface area contributed by atoms with Crippen molar-refractivity contribution in [1.29, 1.82) is 0 Å². The van der Waals surface area contributed by atoms with E-state index in [1.165, 1.54) is 0 Å². The average Bonchev–Trinajstić information content (AvgIpc) is 2.42. The summed E-state index contributed by atoms with van der Waals surface area (Å²) in [4.78, 5) is 0. The highest BCUT2D eigenvalue weighted by atomic mass is 16.6. The summed E-state index contributed by atoms with van der Waals surface area (Å²) in [6, 6.07) is 0. The lowest BCUT2D eigenvalue weighted by Gasteiger charge is -2.09. The first-order valence-corrected chi connectivity index (χ1v) is 6.50. The predicted molar refractivity (Wildman–Crippen MR) is 74.5 cm³/mol. The predicted octanol–water partition coefficient (Wildman–Crippen LogP) is 2.09. The molecule has 0 bridgehead atoms. The number of aliphatic hydroxyl groups is 1. The maximum absolute atomic E-state index is 9.21. The lowest BCUT2D eigenvalue weighted by molar-refractivity contribution is -0.00358. The van der Waals surface area contributed by atoms with Crippen molar-refractivity contribution in [1.82, 2.24) is 0 Å². The van der Waals surface area contributed by atoms with E-state index in [2.05, 4.69) is 0 Å². The van der Waals surface area contributed by atoms with Gasteiger partial charge in [0.05, 0.1) is 45.7 Å². The van der Waals surface area contributed by atoms with Crippen molar-refractivity contribution in [2.24, 2.45) is 0 Å². The standard InChI is InChI=1S/C14H26O5/c1-4-14(15)6-5-13(2)19-12-11-18-10-9-17-8-7-16-3/h4-6,13,15H,7-12H2,1-3H3/b6-5-,14-4+. The fourth-order valence-corrected chi connectivity index (χ4v) is 1.14. The Morgan fingerprint density at radius 2 is 1.63 bits per heavy atom. The fourth-order valence-electron chi connectivity index (χ4n) is 1.14. The van der Waals surface area contributed by atoms with E-state index in [1.54, 1.807) is 32.3 Å². The molecule has 0 spiro atoms. The first-order chi connectivity index (χ1) is 9.20. The van der Waals surface area contributed by atoms with Gasteiger partial charge in [0.25, 0.3) is 0 Å². The zero-order valence-corrected chi connectivity index (χ0v) is 12.1. The van der Waals surface area contributed by atoms with Crippen molar-refractivity contribution in [3.05, 3.63) is 24.0 Å². The number of hydrogen-bond donors (Lipinski definition) is 1. The van der Waals surface area contributed by atoms with Crippen LogP contribution < -0.4 is 0 Å². The van der Waals surface area contributed by atoms with Crippen LogP contribution in [-0.2, 0) is 18.9 Å². The summed E-state index contributed by atoms with van der Waals surface area (Å²) in [5.74, 6) is 0.236. The quantitative estimate of drug-likeness (QED) is 0.335. The third-order valence-electron chi connectivity index (χ3n) is 2.25. The van der Waals surface area contributed by atoms with Gasteiger partial charge >= 0.3 is 0 Å². The Morgan fingerprint density at radius 3 is 2.21 bits per heavy atom. The van der Waals surface area contributed by atoms with Gasteiger partial charge < -0.3 is 24.1 Å². The Kier molecular flexibility index (Phi) is 12.9. The van der Waals surface area contributed by atoms with Crippen LogP contribution >= 0.6 is 0 Å². The molecular formula is C14H26O5. The maximum Gasteiger partial charge on any atom is 0.111 e. The molecule has 0 aliphatic rings. The minimum Gasteiger partial charge on any atom is -0.508 e. The molecule has 1 atom stereocenters. The summed E-state index contributed by atoms with van der Waals surface area (Å²) in [6.45, 7) is 7.03. The van der Waals surface area contributed by atoms with Crippen LogP contribution in [0.25, 0.3) is 0 Å². The SMILES string of the molecule is C/C=C(O)\C=C/C(C)OCCOCCOCCOC. The second-order valence-corrected chi connectivity index (χ2v) is 3.87. The van der Waals surface area contributed by atoms with Crippen LogP contribution in [0, 0.1) is 0 Å². The molecule has 0 aromatic rings. The Labute approximate surface area is 115 Å². The highest BCUT2D eigenvalue weighted by Crippen LogP contribution is 1.97. The van der Waals surface area contributed by atoms with E-state index in [1.807, 2.05) is 6.92 Å². The van der Waals surface area contributed by atoms with Crippen molar-refractivity contribution in [2.75, 3.05) is 46.8 Å². The molecule has 19 heavy (non-hydrogen) atoms. The van der Waals surface area contributed by atoms with E-state index in [0.717, 1.165) is 0 Å². The van der Waals surface area contributed by atoms with Crippen molar-refractivity contribution in [3.63, 3.8) is 0 Å². The van der Waals surface area contributed by atoms with E-state index in [-0.39, 0.29) is 11.9 Å². The minimum atomic E-state index is -0.0522. The van der Waals surface area contributed by atoms with Crippen LogP contribution in [-0.4, -0.2) is 58.0 Å². The average molecular weight is 274 g/mol. The maximum atomic E-state index is 9.21. The van der Waals surface area contributed by atoms with E-state index < -0.39 is 0 Å². The van der Waals surface area contributed by atoms with Crippen LogP contribution in [0.2, 0.25) is 0 Å². The second kappa shape index (κ2) is 13.5. The Hall–Kier alpha value is -0.880. The van der Waals surface area contributed by atoms with Crippen molar-refractivity contribution >= 4 is 0 Å². The van der Waals surface area contributed by atoms with E-state index in [0.29, 0.717) is 39.6 Å². The zero-order chi connectivity index (χ0) is 14.3. The van der Waals surface area contributed by atoms with Gasteiger partial charge in [-0.05, 0) is 26.0 Å². The largest absolute Gasteiger partial charge is 0.508 e. The molecule has 0 saturated carbocycles. The molecule has 0 heterocycles. The number of allylic oxidation sites excluding steroid dienone is 2. The van der Waals surface area contributed by atoms with Gasteiger partial charge in [-0.1, -0.05) is 6.08 Å². The molecule has 0 saturated heterocycles. The number of hydrogen-bond acceptors (Lipinski definition) is 5. The molecule has 0 fully saturated rings. The zero-order valence-electron chi connectivity index (χ0n) is 12.1. The molecule has 1 unspecified atom stereocenters. The van der Waals surface area contributed by atoms with Gasteiger partial charge in [-0.15, -0.1) is 0 Å². The Bertz CT molecular complexity index is 250. The van der Waals surface area contributed by atoms with Crippen LogP contribution in [0.4, 0.5) is 0 Å². The molecule has 0 aliphatic carbocycles. The molecule has 0 aromatic heterocycles. The molecule has 0 amide bonds. The molecular weight excluding hydrogens is 248 g/mol. The van der Waals surface area contributed by atoms with E-state index >= 15 is 0 Å². The van der Waals surface area contributed by atoms with E-state index in [9.17, 15) is 5.11 Å². The summed E-state index contributed by atoms with van der Waals surface area (Å²) in [6.07, 6.45) is 4.98. The van der Waals surface area contributed by atoms with E-state index in [4.69, 9.17) is 18.9 Å². The van der Waals surface area contributed by atoms with Crippen molar-refractivity contribution in [2.45, 2.75) is 20.0 Å². The van der Waals surface area contributed by atoms with Gasteiger partial charge in [0.2, 0.25) is 0 Å². The van der Waals surface area contributed by atoms with Crippen molar-refractivity contribution < 1.29 is 24.1 Å². The summed E-state index contributed by atoms with van der Waals surface area (Å²) in [5, 5.41) is 9.21. The van der Waals surface area contributed by atoms with Crippen LogP contribution in [0.5, 0.6) is 0 Å². The summed E-state index contributed by atoms with van der Waals surface area (Å²) in [7, 11) is 1.64. The highest BCUT2D eigenvalue weighted by molar-refractivity contribution is 5.10. The molecule has 0 radical (unpaired) electrons. The first kappa shape index (κ1) is 18.1. The normalized spacial score (nSPS) is 14.2. The monoisotopic (exact) mass is 274 g/mol. The summed E-state index contributed by atoms with van der Waals surface area (Å²) < 4.78 is 20.9. The number of ether oxygens (including phenoxy) is 4. The smallest absolute Gasteiger partial charge is 0.111 e. The molecule has 0 rings (SSSR count). The molecule has 0 aliphatic heterocycles. The third kappa shape index (κ3) is 13.4. The van der Waals surface area contributed by atoms with Crippen molar-refractivity contribution in [3.8, 4) is 0 Å². The summed E-state index contributed by atoms with van der Waals surface area (Å²) >= 11 is 0. The van der Waals surface area contributed by atoms with Crippen LogP contribution in [0.15, 0.2) is 24.0 Å². The Morgan fingerprint density at radius 1 is 1.05 bits per heavy atom. The molecule has 0 aromatic carbocycles. The minimum absolute atomic E-state index is 0.0522. The third-order valence-corrected chi connectivity index (χ3v) is 2.25. The molecule has 5 nitrogen and oxygen atoms in total. The van der Waals surface area contributed by atoms with Gasteiger partial charge in [-0.2, -0.15) is 0 Å². The number of methoxy groups -OCH3 is 1.